The van der Waals surface area contributed by atoms with Crippen LogP contribution in [0.25, 0.3) is 0 Å². The number of halogens is 2. The van der Waals surface area contributed by atoms with Crippen LogP contribution >= 0.6 is 11.6 Å². The van der Waals surface area contributed by atoms with Gasteiger partial charge in [-0.1, -0.05) is 49.7 Å². The summed E-state index contributed by atoms with van der Waals surface area (Å²) in [5, 5.41) is 8.61. The zero-order valence-corrected chi connectivity index (χ0v) is 28.7. The molecule has 4 amide bonds. The van der Waals surface area contributed by atoms with Gasteiger partial charge in [0.15, 0.2) is 17.3 Å². The summed E-state index contributed by atoms with van der Waals surface area (Å²) in [7, 11) is 0. The molecule has 49 heavy (non-hydrogen) atoms. The van der Waals surface area contributed by atoms with Crippen LogP contribution in [0.1, 0.15) is 50.9 Å². The predicted molar refractivity (Wildman–Crippen MR) is 182 cm³/mol. The second-order valence-electron chi connectivity index (χ2n) is 12.1. The molecule has 3 N–H and O–H groups in total. The number of amides is 4. The number of hydrogen-bond donors (Lipinski definition) is 3. The quantitative estimate of drug-likeness (QED) is 0.268. The number of rotatable bonds is 10. The van der Waals surface area contributed by atoms with Gasteiger partial charge in [-0.2, -0.15) is 0 Å². The minimum absolute atomic E-state index is 0.0838. The lowest BCUT2D eigenvalue weighted by Crippen LogP contribution is -2.54. The molecule has 0 fully saturated rings. The van der Waals surface area contributed by atoms with Crippen molar-refractivity contribution < 1.29 is 37.8 Å². The molecule has 0 saturated heterocycles. The van der Waals surface area contributed by atoms with Gasteiger partial charge < -0.3 is 35.1 Å². The van der Waals surface area contributed by atoms with Gasteiger partial charge in [-0.25, -0.2) is 4.39 Å². The van der Waals surface area contributed by atoms with E-state index in [1.807, 2.05) is 20.8 Å². The molecule has 0 aliphatic carbocycles. The molecule has 0 radical (unpaired) electrons. The van der Waals surface area contributed by atoms with Gasteiger partial charge in [0.05, 0.1) is 24.6 Å². The number of carbonyl (C=O) groups is 4. The Morgan fingerprint density at radius 1 is 1.06 bits per heavy atom. The van der Waals surface area contributed by atoms with Gasteiger partial charge in [0.2, 0.25) is 17.7 Å². The summed E-state index contributed by atoms with van der Waals surface area (Å²) in [4.78, 5) is 55.5. The highest BCUT2D eigenvalue weighted by molar-refractivity contribution is 6.30. The summed E-state index contributed by atoms with van der Waals surface area (Å²) in [5.74, 6) is -2.18. The number of carbonyl (C=O) groups excluding carboxylic acids is 4. The van der Waals surface area contributed by atoms with Gasteiger partial charge in [0.25, 0.3) is 5.91 Å². The molecule has 0 unspecified atom stereocenters. The first-order valence-corrected chi connectivity index (χ1v) is 16.6. The molecule has 262 valence electrons. The number of nitrogens with one attached hydrogen (secondary N) is 3. The maximum Gasteiger partial charge on any atom is 0.255 e. The third-order valence-corrected chi connectivity index (χ3v) is 7.85. The molecule has 4 rings (SSSR count). The van der Waals surface area contributed by atoms with Crippen molar-refractivity contribution in [2.24, 2.45) is 5.92 Å². The third-order valence-electron chi connectivity index (χ3n) is 7.62. The van der Waals surface area contributed by atoms with Crippen LogP contribution in [0, 0.1) is 11.7 Å². The monoisotopic (exact) mass is 696 g/mol. The molecule has 13 heteroatoms. The lowest BCUT2D eigenvalue weighted by atomic mass is 10.0. The highest BCUT2D eigenvalue weighted by atomic mass is 35.5. The summed E-state index contributed by atoms with van der Waals surface area (Å²) < 4.78 is 32.3. The summed E-state index contributed by atoms with van der Waals surface area (Å²) >= 11 is 6.05. The molecule has 0 aromatic heterocycles. The van der Waals surface area contributed by atoms with Crippen molar-refractivity contribution in [1.29, 1.82) is 0 Å². The standard InChI is InChI=1S/C36H42ClFN4O7/c1-5-42-16-17-47-30-14-7-6-12-26(30)34(44)41-28(20-32(43)40-29(36(42)46)18-22(2)3)35(45)39-23(4)21-48-33-27(38)13-9-15-31(33)49-25-11-8-10-24(37)19-25/h6-15,19,22-23,28-29H,5,16-18,20-21H2,1-4H3,(H,39,45)(H,40,43)(H,41,44)/t23-,28+,29+/m1/s1. The van der Waals surface area contributed by atoms with E-state index in [1.54, 1.807) is 60.4 Å². The topological polar surface area (TPSA) is 135 Å². The first-order chi connectivity index (χ1) is 23.4. The van der Waals surface area contributed by atoms with E-state index in [4.69, 9.17) is 25.8 Å². The second kappa shape index (κ2) is 17.5. The first kappa shape index (κ1) is 37.0. The average Bonchev–Trinajstić information content (AvgIpc) is 3.05. The Morgan fingerprint density at radius 3 is 2.55 bits per heavy atom. The number of ether oxygens (including phenoxy) is 3. The van der Waals surface area contributed by atoms with Crippen molar-refractivity contribution in [3.8, 4) is 23.0 Å². The Bertz CT molecular complexity index is 1640. The summed E-state index contributed by atoms with van der Waals surface area (Å²) in [6, 6.07) is 14.4. The molecular weight excluding hydrogens is 655 g/mol. The fraction of sp³-hybridized carbons (Fsp3) is 0.389. The number of para-hydroxylation sites is 2. The van der Waals surface area contributed by atoms with Crippen LogP contribution in [0.4, 0.5) is 4.39 Å². The summed E-state index contributed by atoms with van der Waals surface area (Å²) in [6.07, 6.45) is -0.0749. The SMILES string of the molecule is CCN1CCOc2ccccc2C(=O)N[C@H](C(=O)N[C@H](C)COc2c(F)cccc2Oc2cccc(Cl)c2)CC(=O)N[C@@H](CC(C)C)C1=O. The van der Waals surface area contributed by atoms with E-state index in [0.717, 1.165) is 0 Å². The van der Waals surface area contributed by atoms with Crippen LogP contribution in [-0.2, 0) is 14.4 Å². The zero-order valence-electron chi connectivity index (χ0n) is 28.0. The van der Waals surface area contributed by atoms with E-state index in [0.29, 0.717) is 23.7 Å². The molecule has 3 aromatic rings. The first-order valence-electron chi connectivity index (χ1n) is 16.2. The van der Waals surface area contributed by atoms with Crippen molar-refractivity contribution in [1.82, 2.24) is 20.9 Å². The molecule has 0 spiro atoms. The lowest BCUT2D eigenvalue weighted by molar-refractivity contribution is -0.137. The highest BCUT2D eigenvalue weighted by Crippen LogP contribution is 2.34. The minimum Gasteiger partial charge on any atom is -0.491 e. The van der Waals surface area contributed by atoms with E-state index in [1.165, 1.54) is 18.2 Å². The van der Waals surface area contributed by atoms with Crippen LogP contribution in [0.5, 0.6) is 23.0 Å². The Balaban J connectivity index is 1.52. The van der Waals surface area contributed by atoms with Gasteiger partial charge in [-0.15, -0.1) is 0 Å². The van der Waals surface area contributed by atoms with E-state index >= 15 is 0 Å². The van der Waals surface area contributed by atoms with Crippen molar-refractivity contribution >= 4 is 35.2 Å². The lowest BCUT2D eigenvalue weighted by Gasteiger charge is -2.29. The summed E-state index contributed by atoms with van der Waals surface area (Å²) in [6.45, 7) is 7.91. The molecular formula is C36H42ClFN4O7. The molecule has 3 atom stereocenters. The van der Waals surface area contributed by atoms with Crippen LogP contribution in [-0.4, -0.2) is 73.0 Å². The van der Waals surface area contributed by atoms with Gasteiger partial charge in [-0.3, -0.25) is 19.2 Å². The third kappa shape index (κ3) is 10.6. The fourth-order valence-electron chi connectivity index (χ4n) is 5.23. The Hall–Kier alpha value is -4.84. The van der Waals surface area contributed by atoms with Crippen molar-refractivity contribution in [2.75, 3.05) is 26.3 Å². The van der Waals surface area contributed by atoms with Crippen LogP contribution in [0.2, 0.25) is 5.02 Å². The number of hydrogen-bond acceptors (Lipinski definition) is 7. The molecule has 3 aromatic carbocycles. The smallest absolute Gasteiger partial charge is 0.255 e. The normalized spacial score (nSPS) is 17.9. The van der Waals surface area contributed by atoms with Crippen LogP contribution in [0.15, 0.2) is 66.7 Å². The van der Waals surface area contributed by atoms with Gasteiger partial charge in [0, 0.05) is 11.6 Å². The fourth-order valence-corrected chi connectivity index (χ4v) is 5.41. The number of likely N-dealkylation sites (N-methyl/N-ethyl adjacent to an activating group) is 1. The molecule has 1 aliphatic rings. The average molecular weight is 697 g/mol. The molecule has 0 bridgehead atoms. The maximum absolute atomic E-state index is 14.9. The predicted octanol–water partition coefficient (Wildman–Crippen LogP) is 5.12. The molecule has 11 nitrogen and oxygen atoms in total. The second-order valence-corrected chi connectivity index (χ2v) is 12.5. The summed E-state index contributed by atoms with van der Waals surface area (Å²) in [5.41, 5.74) is 0.160. The van der Waals surface area contributed by atoms with Crippen LogP contribution in [0.3, 0.4) is 0 Å². The van der Waals surface area contributed by atoms with E-state index in [2.05, 4.69) is 16.0 Å². The van der Waals surface area contributed by atoms with Crippen molar-refractivity contribution in [2.45, 2.75) is 58.7 Å². The maximum atomic E-state index is 14.9. The number of benzene rings is 3. The highest BCUT2D eigenvalue weighted by Gasteiger charge is 2.31. The van der Waals surface area contributed by atoms with Gasteiger partial charge in [0.1, 0.15) is 36.8 Å². The van der Waals surface area contributed by atoms with E-state index in [-0.39, 0.29) is 54.4 Å². The Labute approximate surface area is 290 Å². The van der Waals surface area contributed by atoms with Gasteiger partial charge >= 0.3 is 0 Å². The molecule has 1 heterocycles. The number of fused-ring (bicyclic) bond motifs is 1. The zero-order chi connectivity index (χ0) is 35.5. The minimum atomic E-state index is -1.33. The van der Waals surface area contributed by atoms with E-state index in [9.17, 15) is 23.6 Å². The van der Waals surface area contributed by atoms with Crippen LogP contribution < -0.4 is 30.2 Å². The Kier molecular flexibility index (Phi) is 13.2. The number of nitrogens with zero attached hydrogens (tertiary/aromatic N) is 1. The molecule has 0 saturated carbocycles. The van der Waals surface area contributed by atoms with E-state index < -0.39 is 48.1 Å². The largest absolute Gasteiger partial charge is 0.491 e. The van der Waals surface area contributed by atoms with Crippen molar-refractivity contribution in [3.05, 3.63) is 83.1 Å². The Morgan fingerprint density at radius 2 is 1.82 bits per heavy atom. The van der Waals surface area contributed by atoms with Gasteiger partial charge in [-0.05, 0) is 68.7 Å². The van der Waals surface area contributed by atoms with Crippen molar-refractivity contribution in [3.63, 3.8) is 0 Å². The molecule has 1 aliphatic heterocycles.